The van der Waals surface area contributed by atoms with E-state index in [1.165, 1.54) is 0 Å². The van der Waals surface area contributed by atoms with Crippen LogP contribution >= 0.6 is 0 Å². The lowest BCUT2D eigenvalue weighted by molar-refractivity contribution is -0.137. The van der Waals surface area contributed by atoms with Gasteiger partial charge >= 0.3 is 0 Å². The molecule has 2 aliphatic heterocycles. The fraction of sp³-hybridized carbons (Fsp3) is 0.500. The number of rotatable bonds is 12. The molecule has 2 aromatic rings. The van der Waals surface area contributed by atoms with Crippen molar-refractivity contribution in [3.8, 4) is 5.75 Å². The summed E-state index contributed by atoms with van der Waals surface area (Å²) >= 11 is 0. The van der Waals surface area contributed by atoms with Crippen molar-refractivity contribution < 1.29 is 23.9 Å². The molecule has 9 nitrogen and oxygen atoms in total. The van der Waals surface area contributed by atoms with E-state index >= 15 is 0 Å². The highest BCUT2D eigenvalue weighted by Gasteiger charge is 2.54. The van der Waals surface area contributed by atoms with Gasteiger partial charge in [-0.2, -0.15) is 0 Å². The quantitative estimate of drug-likeness (QED) is 0.419. The number of nitrogens with zero attached hydrogens (tertiary/aromatic N) is 3. The van der Waals surface area contributed by atoms with Crippen LogP contribution in [0.5, 0.6) is 5.75 Å². The summed E-state index contributed by atoms with van der Waals surface area (Å²) in [5, 5.41) is 2.88. The predicted molar refractivity (Wildman–Crippen MR) is 150 cm³/mol. The van der Waals surface area contributed by atoms with Crippen LogP contribution in [-0.4, -0.2) is 86.2 Å². The van der Waals surface area contributed by atoms with Gasteiger partial charge in [-0.15, -0.1) is 0 Å². The fourth-order valence-electron chi connectivity index (χ4n) is 5.29. The molecule has 0 radical (unpaired) electrons. The van der Waals surface area contributed by atoms with E-state index in [4.69, 9.17) is 9.47 Å². The second kappa shape index (κ2) is 13.5. The molecule has 4 rings (SSSR count). The van der Waals surface area contributed by atoms with Gasteiger partial charge in [0.25, 0.3) is 11.8 Å². The van der Waals surface area contributed by atoms with Gasteiger partial charge < -0.3 is 29.5 Å². The van der Waals surface area contributed by atoms with E-state index in [9.17, 15) is 14.4 Å². The van der Waals surface area contributed by atoms with Gasteiger partial charge in [0.2, 0.25) is 5.91 Å². The molecule has 1 N–H and O–H groups in total. The van der Waals surface area contributed by atoms with Crippen LogP contribution in [0.3, 0.4) is 0 Å². The zero-order valence-electron chi connectivity index (χ0n) is 23.1. The summed E-state index contributed by atoms with van der Waals surface area (Å²) in [5.74, 6) is 0.475. The van der Waals surface area contributed by atoms with Crippen LogP contribution in [-0.2, 0) is 14.3 Å². The van der Waals surface area contributed by atoms with E-state index in [2.05, 4.69) is 17.1 Å². The third kappa shape index (κ3) is 6.71. The molecule has 2 aliphatic rings. The highest BCUT2D eigenvalue weighted by molar-refractivity contribution is 5.97. The first-order chi connectivity index (χ1) is 19.0. The minimum absolute atomic E-state index is 0.00617. The van der Waals surface area contributed by atoms with Crippen LogP contribution in [0.15, 0.2) is 54.6 Å². The number of amides is 3. The molecule has 0 atom stereocenters. The molecule has 2 heterocycles. The Kier molecular flexibility index (Phi) is 9.81. The van der Waals surface area contributed by atoms with Gasteiger partial charge in [0.15, 0.2) is 0 Å². The highest BCUT2D eigenvalue weighted by atomic mass is 16.5. The Morgan fingerprint density at radius 1 is 0.974 bits per heavy atom. The molecule has 3 amide bonds. The number of likely N-dealkylation sites (tertiary alicyclic amines) is 1. The standard InChI is InChI=1S/C30H40N4O5/c1-3-4-21-39-26-13-11-24(12-14-26)28(36)32-18-15-30(16-19-32)29(37)33(22-27(35)31-17-8-20-38-2)23-34(30)25-9-6-5-7-10-25/h5-7,9-14H,3-4,8,15-23H2,1-2H3,(H,31,35). The number of methoxy groups -OCH3 is 1. The maximum absolute atomic E-state index is 13.8. The molecule has 210 valence electrons. The molecule has 9 heteroatoms. The SMILES string of the molecule is CCCCOc1ccc(C(=O)N2CCC3(CC2)C(=O)N(CC(=O)NCCCOC)CN3c2ccccc2)cc1. The van der Waals surface area contributed by atoms with Crippen LogP contribution < -0.4 is 15.0 Å². The molecular formula is C30H40N4O5. The third-order valence-corrected chi connectivity index (χ3v) is 7.51. The Bertz CT molecular complexity index is 1100. The summed E-state index contributed by atoms with van der Waals surface area (Å²) in [4.78, 5) is 45.3. The van der Waals surface area contributed by atoms with Crippen LogP contribution in [0, 0.1) is 0 Å². The number of para-hydroxylation sites is 1. The summed E-state index contributed by atoms with van der Waals surface area (Å²) in [7, 11) is 1.63. The van der Waals surface area contributed by atoms with Crippen molar-refractivity contribution in [1.29, 1.82) is 0 Å². The van der Waals surface area contributed by atoms with E-state index in [0.717, 1.165) is 24.3 Å². The number of carbonyl (C=O) groups is 3. The maximum Gasteiger partial charge on any atom is 0.253 e. The van der Waals surface area contributed by atoms with Crippen molar-refractivity contribution in [1.82, 2.24) is 15.1 Å². The molecular weight excluding hydrogens is 496 g/mol. The first kappa shape index (κ1) is 28.4. The van der Waals surface area contributed by atoms with Gasteiger partial charge in [0, 0.05) is 44.6 Å². The maximum atomic E-state index is 13.8. The lowest BCUT2D eigenvalue weighted by atomic mass is 9.85. The van der Waals surface area contributed by atoms with Gasteiger partial charge in [-0.1, -0.05) is 31.5 Å². The minimum Gasteiger partial charge on any atom is -0.494 e. The van der Waals surface area contributed by atoms with Crippen molar-refractivity contribution in [3.63, 3.8) is 0 Å². The van der Waals surface area contributed by atoms with Crippen LogP contribution in [0.1, 0.15) is 49.4 Å². The Labute approximate surface area is 231 Å². The molecule has 1 spiro atoms. The molecule has 0 bridgehead atoms. The Balaban J connectivity index is 1.42. The predicted octanol–water partition coefficient (Wildman–Crippen LogP) is 3.30. The van der Waals surface area contributed by atoms with Crippen LogP contribution in [0.25, 0.3) is 0 Å². The normalized spacial score (nSPS) is 16.6. The molecule has 0 unspecified atom stereocenters. The smallest absolute Gasteiger partial charge is 0.253 e. The number of unbranched alkanes of at least 4 members (excludes halogenated alkanes) is 1. The number of piperidine rings is 1. The second-order valence-electron chi connectivity index (χ2n) is 10.2. The van der Waals surface area contributed by atoms with Crippen LogP contribution in [0.4, 0.5) is 5.69 Å². The number of benzene rings is 2. The Morgan fingerprint density at radius 3 is 2.36 bits per heavy atom. The average molecular weight is 537 g/mol. The number of nitrogens with one attached hydrogen (secondary N) is 1. The monoisotopic (exact) mass is 536 g/mol. The van der Waals surface area contributed by atoms with Gasteiger partial charge in [-0.3, -0.25) is 14.4 Å². The van der Waals surface area contributed by atoms with Crippen LogP contribution in [0.2, 0.25) is 0 Å². The first-order valence-corrected chi connectivity index (χ1v) is 13.9. The summed E-state index contributed by atoms with van der Waals surface area (Å²) in [6.45, 7) is 5.11. The minimum atomic E-state index is -0.786. The molecule has 0 aliphatic carbocycles. The zero-order valence-corrected chi connectivity index (χ0v) is 23.1. The number of hydrogen-bond donors (Lipinski definition) is 1. The molecule has 2 aromatic carbocycles. The highest BCUT2D eigenvalue weighted by Crippen LogP contribution is 2.39. The van der Waals surface area contributed by atoms with Crippen molar-refractivity contribution in [2.75, 3.05) is 58.1 Å². The second-order valence-corrected chi connectivity index (χ2v) is 10.2. The molecule has 39 heavy (non-hydrogen) atoms. The topological polar surface area (TPSA) is 91.4 Å². The lowest BCUT2D eigenvalue weighted by Gasteiger charge is -2.43. The largest absolute Gasteiger partial charge is 0.494 e. The van der Waals surface area contributed by atoms with Crippen molar-refractivity contribution in [2.24, 2.45) is 0 Å². The Hall–Kier alpha value is -3.59. The number of ether oxygens (including phenoxy) is 2. The fourth-order valence-corrected chi connectivity index (χ4v) is 5.29. The molecule has 0 aromatic heterocycles. The van der Waals surface area contributed by atoms with Gasteiger partial charge in [0.05, 0.1) is 13.3 Å². The van der Waals surface area contributed by atoms with E-state index in [1.54, 1.807) is 24.1 Å². The van der Waals surface area contributed by atoms with Gasteiger partial charge in [0.1, 0.15) is 17.8 Å². The van der Waals surface area contributed by atoms with Crippen molar-refractivity contribution >= 4 is 23.4 Å². The van der Waals surface area contributed by atoms with Crippen molar-refractivity contribution in [3.05, 3.63) is 60.2 Å². The lowest BCUT2D eigenvalue weighted by Crippen LogP contribution is -2.57. The van der Waals surface area contributed by atoms with E-state index in [-0.39, 0.29) is 24.3 Å². The van der Waals surface area contributed by atoms with E-state index in [0.29, 0.717) is 64.3 Å². The molecule has 0 saturated carbocycles. The number of carbonyl (C=O) groups excluding carboxylic acids is 3. The number of anilines is 1. The van der Waals surface area contributed by atoms with E-state index < -0.39 is 5.54 Å². The summed E-state index contributed by atoms with van der Waals surface area (Å²) < 4.78 is 10.8. The van der Waals surface area contributed by atoms with E-state index in [1.807, 2.05) is 47.4 Å². The summed E-state index contributed by atoms with van der Waals surface area (Å²) in [6.07, 6.45) is 3.77. The van der Waals surface area contributed by atoms with Gasteiger partial charge in [-0.05, 0) is 62.1 Å². The number of hydrogen-bond acceptors (Lipinski definition) is 6. The summed E-state index contributed by atoms with van der Waals surface area (Å²) in [6, 6.07) is 17.1. The van der Waals surface area contributed by atoms with Gasteiger partial charge in [-0.25, -0.2) is 0 Å². The zero-order chi connectivity index (χ0) is 27.7. The molecule has 2 saturated heterocycles. The first-order valence-electron chi connectivity index (χ1n) is 13.9. The molecule has 2 fully saturated rings. The summed E-state index contributed by atoms with van der Waals surface area (Å²) in [5.41, 5.74) is 0.761. The average Bonchev–Trinajstić information content (AvgIpc) is 3.22. The van der Waals surface area contributed by atoms with Crippen molar-refractivity contribution in [2.45, 2.75) is 44.6 Å². The third-order valence-electron chi connectivity index (χ3n) is 7.51. The Morgan fingerprint density at radius 2 is 1.69 bits per heavy atom.